The summed E-state index contributed by atoms with van der Waals surface area (Å²) in [6, 6.07) is 9.03. The molecular formula is C16H27NO. The molecule has 0 fully saturated rings. The minimum absolute atomic E-state index is 0.241. The second-order valence-electron chi connectivity index (χ2n) is 5.21. The highest BCUT2D eigenvalue weighted by Crippen LogP contribution is 2.16. The van der Waals surface area contributed by atoms with Crippen molar-refractivity contribution in [1.29, 1.82) is 0 Å². The summed E-state index contributed by atoms with van der Waals surface area (Å²) in [7, 11) is 0. The maximum atomic E-state index is 5.71. The van der Waals surface area contributed by atoms with E-state index in [1.165, 1.54) is 18.4 Å². The van der Waals surface area contributed by atoms with E-state index < -0.39 is 0 Å². The minimum Gasteiger partial charge on any atom is -0.491 e. The Labute approximate surface area is 112 Å². The van der Waals surface area contributed by atoms with E-state index in [0.29, 0.717) is 6.04 Å². The fourth-order valence-electron chi connectivity index (χ4n) is 1.92. The average molecular weight is 249 g/mol. The van der Waals surface area contributed by atoms with Gasteiger partial charge in [-0.2, -0.15) is 0 Å². The molecule has 1 rings (SSSR count). The molecule has 1 unspecified atom stereocenters. The molecule has 0 spiro atoms. The molecule has 1 atom stereocenters. The second kappa shape index (κ2) is 8.15. The van der Waals surface area contributed by atoms with Crippen molar-refractivity contribution in [3.8, 4) is 5.75 Å². The summed E-state index contributed by atoms with van der Waals surface area (Å²) in [5, 5.41) is 3.52. The molecule has 0 aliphatic carbocycles. The van der Waals surface area contributed by atoms with E-state index in [0.717, 1.165) is 18.7 Å². The van der Waals surface area contributed by atoms with E-state index in [4.69, 9.17) is 4.74 Å². The SMILES string of the molecule is CCCNC(C)CCc1cccc(OC(C)C)c1. The number of ether oxygens (including phenoxy) is 1. The van der Waals surface area contributed by atoms with Gasteiger partial charge in [-0.15, -0.1) is 0 Å². The third-order valence-corrected chi connectivity index (χ3v) is 2.88. The van der Waals surface area contributed by atoms with Crippen LogP contribution in [0.25, 0.3) is 0 Å². The van der Waals surface area contributed by atoms with Crippen LogP contribution in [0.15, 0.2) is 24.3 Å². The fraction of sp³-hybridized carbons (Fsp3) is 0.625. The van der Waals surface area contributed by atoms with E-state index in [1.807, 2.05) is 6.07 Å². The largest absolute Gasteiger partial charge is 0.491 e. The molecule has 0 heterocycles. The lowest BCUT2D eigenvalue weighted by molar-refractivity contribution is 0.242. The summed E-state index contributed by atoms with van der Waals surface area (Å²) in [6.45, 7) is 9.68. The Morgan fingerprint density at radius 2 is 2.00 bits per heavy atom. The minimum atomic E-state index is 0.241. The van der Waals surface area contributed by atoms with Crippen LogP contribution in [0.3, 0.4) is 0 Å². The number of rotatable bonds is 8. The Bertz CT molecular complexity index is 336. The summed E-state index contributed by atoms with van der Waals surface area (Å²) in [4.78, 5) is 0. The topological polar surface area (TPSA) is 21.3 Å². The highest BCUT2D eigenvalue weighted by Gasteiger charge is 2.03. The maximum absolute atomic E-state index is 5.71. The van der Waals surface area contributed by atoms with E-state index >= 15 is 0 Å². The smallest absolute Gasteiger partial charge is 0.119 e. The Kier molecular flexibility index (Phi) is 6.81. The second-order valence-corrected chi connectivity index (χ2v) is 5.21. The molecule has 0 aromatic heterocycles. The lowest BCUT2D eigenvalue weighted by Crippen LogP contribution is -2.27. The number of hydrogen-bond acceptors (Lipinski definition) is 2. The van der Waals surface area contributed by atoms with Crippen LogP contribution in [0, 0.1) is 0 Å². The zero-order chi connectivity index (χ0) is 13.4. The number of nitrogens with one attached hydrogen (secondary N) is 1. The van der Waals surface area contributed by atoms with Crippen molar-refractivity contribution < 1.29 is 4.74 Å². The Morgan fingerprint density at radius 3 is 2.67 bits per heavy atom. The van der Waals surface area contributed by atoms with Crippen LogP contribution in [-0.4, -0.2) is 18.7 Å². The summed E-state index contributed by atoms with van der Waals surface area (Å²) in [6.07, 6.45) is 3.71. The zero-order valence-corrected chi connectivity index (χ0v) is 12.2. The van der Waals surface area contributed by atoms with Crippen LogP contribution >= 0.6 is 0 Å². The number of hydrogen-bond donors (Lipinski definition) is 1. The first kappa shape index (κ1) is 15.0. The molecule has 1 N–H and O–H groups in total. The van der Waals surface area contributed by atoms with Crippen molar-refractivity contribution in [2.75, 3.05) is 6.54 Å². The summed E-state index contributed by atoms with van der Waals surface area (Å²) >= 11 is 0. The van der Waals surface area contributed by atoms with Gasteiger partial charge in [-0.25, -0.2) is 0 Å². The van der Waals surface area contributed by atoms with Crippen LogP contribution in [0.5, 0.6) is 5.75 Å². The molecule has 0 amide bonds. The van der Waals surface area contributed by atoms with Crippen molar-refractivity contribution in [2.45, 2.75) is 59.1 Å². The van der Waals surface area contributed by atoms with E-state index in [2.05, 4.69) is 51.2 Å². The monoisotopic (exact) mass is 249 g/mol. The van der Waals surface area contributed by atoms with Gasteiger partial charge in [-0.05, 0) is 64.3 Å². The van der Waals surface area contributed by atoms with Crippen molar-refractivity contribution in [2.24, 2.45) is 0 Å². The molecule has 1 aromatic rings. The number of benzene rings is 1. The Balaban J connectivity index is 2.42. The van der Waals surface area contributed by atoms with Gasteiger partial charge in [0.05, 0.1) is 6.10 Å². The van der Waals surface area contributed by atoms with Crippen molar-refractivity contribution >= 4 is 0 Å². The van der Waals surface area contributed by atoms with Gasteiger partial charge in [0.25, 0.3) is 0 Å². The summed E-state index contributed by atoms with van der Waals surface area (Å²) < 4.78 is 5.71. The van der Waals surface area contributed by atoms with Crippen LogP contribution in [0.2, 0.25) is 0 Å². The predicted octanol–water partition coefficient (Wildman–Crippen LogP) is 3.79. The first-order valence-electron chi connectivity index (χ1n) is 7.10. The lowest BCUT2D eigenvalue weighted by Gasteiger charge is -2.14. The molecule has 0 saturated heterocycles. The molecule has 0 saturated carbocycles. The van der Waals surface area contributed by atoms with Crippen LogP contribution in [-0.2, 0) is 6.42 Å². The van der Waals surface area contributed by atoms with Gasteiger partial charge in [-0.3, -0.25) is 0 Å². The van der Waals surface area contributed by atoms with Crippen LogP contribution in [0.4, 0.5) is 0 Å². The molecule has 0 aliphatic heterocycles. The third kappa shape index (κ3) is 6.06. The normalized spacial score (nSPS) is 12.7. The fourth-order valence-corrected chi connectivity index (χ4v) is 1.92. The standard InChI is InChI=1S/C16H27NO/c1-5-11-17-14(4)9-10-15-7-6-8-16(12-15)18-13(2)3/h6-8,12-14,17H,5,9-11H2,1-4H3. The first-order valence-corrected chi connectivity index (χ1v) is 7.10. The van der Waals surface area contributed by atoms with Crippen molar-refractivity contribution in [3.63, 3.8) is 0 Å². The van der Waals surface area contributed by atoms with Crippen molar-refractivity contribution in [3.05, 3.63) is 29.8 Å². The maximum Gasteiger partial charge on any atom is 0.119 e. The van der Waals surface area contributed by atoms with Crippen molar-refractivity contribution in [1.82, 2.24) is 5.32 Å². The van der Waals surface area contributed by atoms with Crippen LogP contribution in [0.1, 0.15) is 46.1 Å². The summed E-state index contributed by atoms with van der Waals surface area (Å²) in [5.41, 5.74) is 1.36. The molecule has 2 nitrogen and oxygen atoms in total. The average Bonchev–Trinajstić information content (AvgIpc) is 2.33. The summed E-state index contributed by atoms with van der Waals surface area (Å²) in [5.74, 6) is 0.983. The van der Waals surface area contributed by atoms with Gasteiger partial charge in [0.1, 0.15) is 5.75 Å². The molecule has 0 aliphatic rings. The molecule has 2 heteroatoms. The van der Waals surface area contributed by atoms with Gasteiger partial charge >= 0.3 is 0 Å². The Morgan fingerprint density at radius 1 is 1.22 bits per heavy atom. The highest BCUT2D eigenvalue weighted by atomic mass is 16.5. The van der Waals surface area contributed by atoms with E-state index in [-0.39, 0.29) is 6.10 Å². The third-order valence-electron chi connectivity index (χ3n) is 2.88. The predicted molar refractivity (Wildman–Crippen MR) is 78.3 cm³/mol. The van der Waals surface area contributed by atoms with Gasteiger partial charge in [0.2, 0.25) is 0 Å². The van der Waals surface area contributed by atoms with E-state index in [9.17, 15) is 0 Å². The molecule has 18 heavy (non-hydrogen) atoms. The van der Waals surface area contributed by atoms with Gasteiger partial charge < -0.3 is 10.1 Å². The molecule has 0 radical (unpaired) electrons. The van der Waals surface area contributed by atoms with Gasteiger partial charge in [0, 0.05) is 6.04 Å². The lowest BCUT2D eigenvalue weighted by atomic mass is 10.1. The van der Waals surface area contributed by atoms with Crippen LogP contribution < -0.4 is 10.1 Å². The van der Waals surface area contributed by atoms with Gasteiger partial charge in [-0.1, -0.05) is 19.1 Å². The molecule has 1 aromatic carbocycles. The molecule has 102 valence electrons. The molecular weight excluding hydrogens is 222 g/mol. The van der Waals surface area contributed by atoms with E-state index in [1.54, 1.807) is 0 Å². The first-order chi connectivity index (χ1) is 8.61. The zero-order valence-electron chi connectivity index (χ0n) is 12.2. The molecule has 0 bridgehead atoms. The van der Waals surface area contributed by atoms with Gasteiger partial charge in [0.15, 0.2) is 0 Å². The highest BCUT2D eigenvalue weighted by molar-refractivity contribution is 5.28. The number of aryl methyl sites for hydroxylation is 1. The Hall–Kier alpha value is -1.02. The quantitative estimate of drug-likeness (QED) is 0.756.